The highest BCUT2D eigenvalue weighted by molar-refractivity contribution is 7.21. The SMILES string of the molecule is CC(=O)c1sc2nc(C(C)C)ccc2c1N. The number of hydrogen-bond acceptors (Lipinski definition) is 4. The highest BCUT2D eigenvalue weighted by Gasteiger charge is 2.14. The van der Waals surface area contributed by atoms with Crippen molar-refractivity contribution in [2.45, 2.75) is 26.7 Å². The first kappa shape index (κ1) is 11.1. The lowest BCUT2D eigenvalue weighted by atomic mass is 10.1. The molecule has 0 aliphatic rings. The first-order valence-electron chi connectivity index (χ1n) is 5.20. The molecule has 0 amide bonds. The van der Waals surface area contributed by atoms with Crippen molar-refractivity contribution in [1.82, 2.24) is 4.98 Å². The number of aromatic nitrogens is 1. The van der Waals surface area contributed by atoms with E-state index >= 15 is 0 Å². The zero-order valence-electron chi connectivity index (χ0n) is 9.57. The third-order valence-corrected chi connectivity index (χ3v) is 3.74. The molecule has 0 aromatic carbocycles. The number of fused-ring (bicyclic) bond motifs is 1. The minimum Gasteiger partial charge on any atom is -0.397 e. The van der Waals surface area contributed by atoms with Crippen LogP contribution in [0.2, 0.25) is 0 Å². The summed E-state index contributed by atoms with van der Waals surface area (Å²) in [7, 11) is 0. The lowest BCUT2D eigenvalue weighted by molar-refractivity contribution is 0.102. The van der Waals surface area contributed by atoms with E-state index in [1.54, 1.807) is 0 Å². The summed E-state index contributed by atoms with van der Waals surface area (Å²) in [6.45, 7) is 5.72. The maximum atomic E-state index is 11.4. The van der Waals surface area contributed by atoms with Crippen LogP contribution in [0.15, 0.2) is 12.1 Å². The quantitative estimate of drug-likeness (QED) is 0.812. The van der Waals surface area contributed by atoms with Crippen molar-refractivity contribution < 1.29 is 4.79 Å². The summed E-state index contributed by atoms with van der Waals surface area (Å²) in [6.07, 6.45) is 0. The summed E-state index contributed by atoms with van der Waals surface area (Å²) in [4.78, 5) is 17.4. The van der Waals surface area contributed by atoms with E-state index in [-0.39, 0.29) is 5.78 Å². The number of nitrogens with two attached hydrogens (primary N) is 1. The standard InChI is InChI=1S/C12H14N2OS/c1-6(2)9-5-4-8-10(13)11(7(3)15)16-12(8)14-9/h4-6H,13H2,1-3H3. The second kappa shape index (κ2) is 3.87. The maximum absolute atomic E-state index is 11.4. The van der Waals surface area contributed by atoms with Crippen LogP contribution < -0.4 is 5.73 Å². The Balaban J connectivity index is 2.67. The first-order chi connectivity index (χ1) is 7.50. The number of nitrogen functional groups attached to an aromatic ring is 1. The minimum atomic E-state index is 0.00611. The molecule has 0 saturated heterocycles. The number of pyridine rings is 1. The van der Waals surface area contributed by atoms with Crippen molar-refractivity contribution in [3.05, 3.63) is 22.7 Å². The molecule has 2 N–H and O–H groups in total. The molecule has 84 valence electrons. The first-order valence-corrected chi connectivity index (χ1v) is 6.02. The fourth-order valence-electron chi connectivity index (χ4n) is 1.59. The maximum Gasteiger partial charge on any atom is 0.171 e. The van der Waals surface area contributed by atoms with Gasteiger partial charge in [0, 0.05) is 18.0 Å². The third kappa shape index (κ3) is 1.69. The largest absolute Gasteiger partial charge is 0.397 e. The normalized spacial score (nSPS) is 11.2. The second-order valence-electron chi connectivity index (χ2n) is 4.14. The van der Waals surface area contributed by atoms with Crippen LogP contribution >= 0.6 is 11.3 Å². The molecule has 0 saturated carbocycles. The van der Waals surface area contributed by atoms with Gasteiger partial charge in [-0.05, 0) is 18.1 Å². The Morgan fingerprint density at radius 2 is 2.12 bits per heavy atom. The topological polar surface area (TPSA) is 56.0 Å². The van der Waals surface area contributed by atoms with E-state index in [0.717, 1.165) is 15.9 Å². The van der Waals surface area contributed by atoms with Gasteiger partial charge in [0.15, 0.2) is 5.78 Å². The highest BCUT2D eigenvalue weighted by Crippen LogP contribution is 2.33. The van der Waals surface area contributed by atoms with E-state index in [1.165, 1.54) is 18.3 Å². The van der Waals surface area contributed by atoms with Crippen molar-refractivity contribution in [3.63, 3.8) is 0 Å². The van der Waals surface area contributed by atoms with E-state index in [9.17, 15) is 4.79 Å². The van der Waals surface area contributed by atoms with Gasteiger partial charge < -0.3 is 5.73 Å². The minimum absolute atomic E-state index is 0.00611. The Bertz CT molecular complexity index is 557. The van der Waals surface area contributed by atoms with Gasteiger partial charge in [0.1, 0.15) is 4.83 Å². The molecular formula is C12H14N2OS. The number of carbonyl (C=O) groups is 1. The van der Waals surface area contributed by atoms with Crippen LogP contribution in [0.4, 0.5) is 5.69 Å². The van der Waals surface area contributed by atoms with Crippen LogP contribution in [0.25, 0.3) is 10.2 Å². The second-order valence-corrected chi connectivity index (χ2v) is 5.14. The fraction of sp³-hybridized carbons (Fsp3) is 0.333. The number of Topliss-reactive ketones (excluding diaryl/α,β-unsaturated/α-hetero) is 1. The van der Waals surface area contributed by atoms with Gasteiger partial charge in [-0.15, -0.1) is 11.3 Å². The molecule has 0 radical (unpaired) electrons. The number of carbonyl (C=O) groups excluding carboxylic acids is 1. The summed E-state index contributed by atoms with van der Waals surface area (Å²) in [6, 6.07) is 3.93. The molecule has 2 heterocycles. The van der Waals surface area contributed by atoms with Crippen molar-refractivity contribution in [2.24, 2.45) is 0 Å². The lowest BCUT2D eigenvalue weighted by Gasteiger charge is -2.02. The molecule has 0 unspecified atom stereocenters. The number of thiophene rings is 1. The van der Waals surface area contributed by atoms with Gasteiger partial charge in [-0.25, -0.2) is 4.98 Å². The van der Waals surface area contributed by atoms with Gasteiger partial charge in [-0.3, -0.25) is 4.79 Å². The molecule has 3 nitrogen and oxygen atoms in total. The van der Waals surface area contributed by atoms with E-state index < -0.39 is 0 Å². The zero-order valence-corrected chi connectivity index (χ0v) is 10.4. The Morgan fingerprint density at radius 1 is 1.44 bits per heavy atom. The molecule has 2 rings (SSSR count). The average molecular weight is 234 g/mol. The predicted octanol–water partition coefficient (Wildman–Crippen LogP) is 3.20. The van der Waals surface area contributed by atoms with Crippen LogP contribution in [0.3, 0.4) is 0 Å². The molecule has 0 aliphatic heterocycles. The lowest BCUT2D eigenvalue weighted by Crippen LogP contribution is -1.94. The molecule has 0 fully saturated rings. The van der Waals surface area contributed by atoms with E-state index in [1.807, 2.05) is 12.1 Å². The van der Waals surface area contributed by atoms with Crippen LogP contribution in [0, 0.1) is 0 Å². The Labute approximate surface area is 98.3 Å². The zero-order chi connectivity index (χ0) is 11.9. The predicted molar refractivity (Wildman–Crippen MR) is 68.1 cm³/mol. The molecular weight excluding hydrogens is 220 g/mol. The number of nitrogens with zero attached hydrogens (tertiary/aromatic N) is 1. The van der Waals surface area contributed by atoms with Gasteiger partial charge >= 0.3 is 0 Å². The highest BCUT2D eigenvalue weighted by atomic mass is 32.1. The fourth-order valence-corrected chi connectivity index (χ4v) is 2.59. The van der Waals surface area contributed by atoms with Gasteiger partial charge in [0.25, 0.3) is 0 Å². The van der Waals surface area contributed by atoms with Gasteiger partial charge in [0.05, 0.1) is 10.6 Å². The van der Waals surface area contributed by atoms with E-state index in [0.29, 0.717) is 16.5 Å². The van der Waals surface area contributed by atoms with E-state index in [2.05, 4.69) is 18.8 Å². The van der Waals surface area contributed by atoms with Gasteiger partial charge in [-0.2, -0.15) is 0 Å². The average Bonchev–Trinajstić information content (AvgIpc) is 2.55. The number of hydrogen-bond donors (Lipinski definition) is 1. The summed E-state index contributed by atoms with van der Waals surface area (Å²) >= 11 is 1.38. The molecule has 0 bridgehead atoms. The Hall–Kier alpha value is -1.42. The molecule has 4 heteroatoms. The summed E-state index contributed by atoms with van der Waals surface area (Å²) < 4.78 is 0. The molecule has 0 aliphatic carbocycles. The molecule has 2 aromatic rings. The number of ketones is 1. The molecule has 0 spiro atoms. The van der Waals surface area contributed by atoms with Gasteiger partial charge in [-0.1, -0.05) is 13.8 Å². The Morgan fingerprint density at radius 3 is 2.69 bits per heavy atom. The summed E-state index contributed by atoms with van der Waals surface area (Å²) in [5.74, 6) is 0.389. The number of rotatable bonds is 2. The van der Waals surface area contributed by atoms with Crippen LogP contribution in [0.5, 0.6) is 0 Å². The van der Waals surface area contributed by atoms with Crippen molar-refractivity contribution in [2.75, 3.05) is 5.73 Å². The van der Waals surface area contributed by atoms with Gasteiger partial charge in [0.2, 0.25) is 0 Å². The molecule has 16 heavy (non-hydrogen) atoms. The smallest absolute Gasteiger partial charge is 0.171 e. The number of anilines is 1. The van der Waals surface area contributed by atoms with Crippen molar-refractivity contribution >= 4 is 33.0 Å². The van der Waals surface area contributed by atoms with Crippen LogP contribution in [-0.4, -0.2) is 10.8 Å². The summed E-state index contributed by atoms with van der Waals surface area (Å²) in [5, 5.41) is 0.889. The third-order valence-electron chi connectivity index (χ3n) is 2.53. The Kier molecular flexibility index (Phi) is 2.68. The van der Waals surface area contributed by atoms with Crippen molar-refractivity contribution in [1.29, 1.82) is 0 Å². The monoisotopic (exact) mass is 234 g/mol. The van der Waals surface area contributed by atoms with Crippen LogP contribution in [0.1, 0.15) is 42.1 Å². The van der Waals surface area contributed by atoms with E-state index in [4.69, 9.17) is 5.73 Å². The van der Waals surface area contributed by atoms with Crippen LogP contribution in [-0.2, 0) is 0 Å². The van der Waals surface area contributed by atoms with Crippen molar-refractivity contribution in [3.8, 4) is 0 Å². The molecule has 0 atom stereocenters. The summed E-state index contributed by atoms with van der Waals surface area (Å²) in [5.41, 5.74) is 7.51. The molecule has 2 aromatic heterocycles.